The number of carbonyl (C=O) groups excluding carboxylic acids is 2. The molecule has 0 radical (unpaired) electrons. The number of aldehydes is 1. The van der Waals surface area contributed by atoms with Crippen LogP contribution in [-0.2, 0) is 4.79 Å². The van der Waals surface area contributed by atoms with Crippen LogP contribution in [-0.4, -0.2) is 40.7 Å². The highest BCUT2D eigenvalue weighted by molar-refractivity contribution is 5.83. The zero-order valence-corrected chi connectivity index (χ0v) is 11.2. The maximum Gasteiger partial charge on any atom is 0.217 e. The fraction of sp³-hybridized carbons (Fsp3) is 0.357. The summed E-state index contributed by atoms with van der Waals surface area (Å²) in [5.41, 5.74) is 1.32. The van der Waals surface area contributed by atoms with E-state index < -0.39 is 0 Å². The molecule has 1 saturated heterocycles. The fourth-order valence-electron chi connectivity index (χ4n) is 2.70. The molecule has 1 amide bonds. The molecule has 0 aromatic carbocycles. The molecule has 1 aliphatic rings. The molecule has 6 nitrogen and oxygen atoms in total. The highest BCUT2D eigenvalue weighted by Crippen LogP contribution is 2.24. The molecular weight excluding hydrogens is 256 g/mol. The fourth-order valence-corrected chi connectivity index (χ4v) is 2.70. The van der Waals surface area contributed by atoms with Gasteiger partial charge in [-0.2, -0.15) is 0 Å². The molecule has 0 aliphatic carbocycles. The number of carbonyl (C=O) groups is 2. The van der Waals surface area contributed by atoms with Gasteiger partial charge in [0.25, 0.3) is 0 Å². The van der Waals surface area contributed by atoms with Gasteiger partial charge in [-0.25, -0.2) is 4.98 Å². The average Bonchev–Trinajstić information content (AvgIpc) is 3.01. The minimum absolute atomic E-state index is 0.0255. The van der Waals surface area contributed by atoms with E-state index in [4.69, 9.17) is 0 Å². The lowest BCUT2D eigenvalue weighted by Crippen LogP contribution is -2.35. The number of imidazole rings is 1. The van der Waals surface area contributed by atoms with Crippen molar-refractivity contribution in [3.05, 3.63) is 30.1 Å². The molecule has 0 bridgehead atoms. The second kappa shape index (κ2) is 4.96. The van der Waals surface area contributed by atoms with Gasteiger partial charge in [-0.3, -0.25) is 14.0 Å². The van der Waals surface area contributed by atoms with E-state index in [1.165, 1.54) is 6.92 Å². The molecule has 1 aliphatic heterocycles. The highest BCUT2D eigenvalue weighted by atomic mass is 16.1. The van der Waals surface area contributed by atoms with Gasteiger partial charge in [-0.05, 0) is 18.6 Å². The van der Waals surface area contributed by atoms with Crippen molar-refractivity contribution in [3.63, 3.8) is 0 Å². The van der Waals surface area contributed by atoms with Crippen molar-refractivity contribution in [1.82, 2.24) is 14.7 Å². The molecule has 0 spiro atoms. The summed E-state index contributed by atoms with van der Waals surface area (Å²) in [6.45, 7) is 2.99. The van der Waals surface area contributed by atoms with Crippen molar-refractivity contribution in [1.29, 1.82) is 0 Å². The third-order valence-electron chi connectivity index (χ3n) is 3.55. The molecule has 3 rings (SSSR count). The summed E-state index contributed by atoms with van der Waals surface area (Å²) in [5.74, 6) is 0.668. The SMILES string of the molecule is CC(=O)NC1CCN(c2nc3ccccn3c2C=O)C1. The Balaban J connectivity index is 1.91. The first-order valence-corrected chi connectivity index (χ1v) is 6.63. The van der Waals surface area contributed by atoms with Crippen molar-refractivity contribution in [2.24, 2.45) is 0 Å². The summed E-state index contributed by atoms with van der Waals surface area (Å²) in [6.07, 6.45) is 3.53. The second-order valence-corrected chi connectivity index (χ2v) is 5.00. The van der Waals surface area contributed by atoms with E-state index >= 15 is 0 Å². The van der Waals surface area contributed by atoms with Gasteiger partial charge in [0.2, 0.25) is 5.91 Å². The molecule has 3 heterocycles. The third-order valence-corrected chi connectivity index (χ3v) is 3.55. The van der Waals surface area contributed by atoms with Gasteiger partial charge in [0.1, 0.15) is 11.3 Å². The summed E-state index contributed by atoms with van der Waals surface area (Å²) >= 11 is 0. The van der Waals surface area contributed by atoms with Crippen LogP contribution in [0.15, 0.2) is 24.4 Å². The number of anilines is 1. The second-order valence-electron chi connectivity index (χ2n) is 5.00. The molecule has 6 heteroatoms. The van der Waals surface area contributed by atoms with E-state index in [1.54, 1.807) is 4.40 Å². The molecule has 2 aromatic heterocycles. The topological polar surface area (TPSA) is 66.7 Å². The third kappa shape index (κ3) is 2.13. The van der Waals surface area contributed by atoms with Crippen LogP contribution in [0.25, 0.3) is 5.65 Å². The maximum atomic E-state index is 11.4. The zero-order valence-electron chi connectivity index (χ0n) is 11.2. The summed E-state index contributed by atoms with van der Waals surface area (Å²) < 4.78 is 1.79. The number of amides is 1. The molecule has 1 fully saturated rings. The number of aromatic nitrogens is 2. The molecular formula is C14H16N4O2. The van der Waals surface area contributed by atoms with Crippen molar-refractivity contribution < 1.29 is 9.59 Å². The van der Waals surface area contributed by atoms with Crippen LogP contribution >= 0.6 is 0 Å². The van der Waals surface area contributed by atoms with E-state index in [0.29, 0.717) is 18.1 Å². The van der Waals surface area contributed by atoms with Gasteiger partial charge >= 0.3 is 0 Å². The Hall–Kier alpha value is -2.37. The lowest BCUT2D eigenvalue weighted by atomic mass is 10.2. The Morgan fingerprint density at radius 3 is 3.10 bits per heavy atom. The highest BCUT2D eigenvalue weighted by Gasteiger charge is 2.27. The number of hydrogen-bond acceptors (Lipinski definition) is 4. The van der Waals surface area contributed by atoms with Crippen LogP contribution in [0.1, 0.15) is 23.8 Å². The number of hydrogen-bond donors (Lipinski definition) is 1. The van der Waals surface area contributed by atoms with Crippen molar-refractivity contribution in [2.45, 2.75) is 19.4 Å². The van der Waals surface area contributed by atoms with Crippen LogP contribution in [0.4, 0.5) is 5.82 Å². The van der Waals surface area contributed by atoms with Crippen molar-refractivity contribution in [2.75, 3.05) is 18.0 Å². The summed E-state index contributed by atoms with van der Waals surface area (Å²) in [6, 6.07) is 5.76. The van der Waals surface area contributed by atoms with E-state index in [1.807, 2.05) is 24.4 Å². The van der Waals surface area contributed by atoms with Gasteiger partial charge in [0, 0.05) is 32.3 Å². The van der Waals surface area contributed by atoms with Crippen LogP contribution in [0, 0.1) is 0 Å². The number of pyridine rings is 1. The van der Waals surface area contributed by atoms with Gasteiger partial charge in [0.15, 0.2) is 12.1 Å². The predicted octanol–water partition coefficient (Wildman–Crippen LogP) is 0.862. The largest absolute Gasteiger partial charge is 0.353 e. The minimum atomic E-state index is -0.0255. The van der Waals surface area contributed by atoms with Crippen LogP contribution in [0.2, 0.25) is 0 Å². The van der Waals surface area contributed by atoms with Gasteiger partial charge in [-0.1, -0.05) is 6.07 Å². The minimum Gasteiger partial charge on any atom is -0.353 e. The van der Waals surface area contributed by atoms with E-state index in [2.05, 4.69) is 15.2 Å². The molecule has 2 aromatic rings. The van der Waals surface area contributed by atoms with E-state index in [0.717, 1.165) is 24.9 Å². The smallest absolute Gasteiger partial charge is 0.217 e. The van der Waals surface area contributed by atoms with Crippen molar-refractivity contribution >= 4 is 23.7 Å². The average molecular weight is 272 g/mol. The Morgan fingerprint density at radius 2 is 2.35 bits per heavy atom. The Morgan fingerprint density at radius 1 is 1.50 bits per heavy atom. The summed E-state index contributed by atoms with van der Waals surface area (Å²) in [4.78, 5) is 29.0. The van der Waals surface area contributed by atoms with E-state index in [-0.39, 0.29) is 11.9 Å². The van der Waals surface area contributed by atoms with Crippen LogP contribution in [0.3, 0.4) is 0 Å². The van der Waals surface area contributed by atoms with Crippen molar-refractivity contribution in [3.8, 4) is 0 Å². The monoisotopic (exact) mass is 272 g/mol. The quantitative estimate of drug-likeness (QED) is 0.842. The lowest BCUT2D eigenvalue weighted by Gasteiger charge is -2.16. The first kappa shape index (κ1) is 12.7. The van der Waals surface area contributed by atoms with Crippen LogP contribution < -0.4 is 10.2 Å². The standard InChI is InChI=1S/C14H16N4O2/c1-10(20)15-11-5-7-17(8-11)14-12(9-19)18-6-3-2-4-13(18)16-14/h2-4,6,9,11H,5,7-8H2,1H3,(H,15,20). The molecule has 1 unspecified atom stereocenters. The maximum absolute atomic E-state index is 11.4. The lowest BCUT2D eigenvalue weighted by molar-refractivity contribution is -0.119. The van der Waals surface area contributed by atoms with E-state index in [9.17, 15) is 9.59 Å². The molecule has 104 valence electrons. The molecule has 1 N–H and O–H groups in total. The number of nitrogens with zero attached hydrogens (tertiary/aromatic N) is 3. The summed E-state index contributed by atoms with van der Waals surface area (Å²) in [7, 11) is 0. The normalized spacial score (nSPS) is 18.4. The molecule has 0 saturated carbocycles. The molecule has 20 heavy (non-hydrogen) atoms. The van der Waals surface area contributed by atoms with Gasteiger partial charge in [0.05, 0.1) is 0 Å². The van der Waals surface area contributed by atoms with Gasteiger partial charge < -0.3 is 10.2 Å². The molecule has 1 atom stereocenters. The predicted molar refractivity (Wildman–Crippen MR) is 75.0 cm³/mol. The Labute approximate surface area is 116 Å². The van der Waals surface area contributed by atoms with Gasteiger partial charge in [-0.15, -0.1) is 0 Å². The number of fused-ring (bicyclic) bond motifs is 1. The summed E-state index contributed by atoms with van der Waals surface area (Å²) in [5, 5.41) is 2.91. The number of nitrogens with one attached hydrogen (secondary N) is 1. The Kier molecular flexibility index (Phi) is 3.14. The number of rotatable bonds is 3. The first-order chi connectivity index (χ1) is 9.69. The Bertz CT molecular complexity index is 664. The first-order valence-electron chi connectivity index (χ1n) is 6.63. The van der Waals surface area contributed by atoms with Crippen LogP contribution in [0.5, 0.6) is 0 Å². The zero-order chi connectivity index (χ0) is 14.1.